The minimum absolute atomic E-state index is 0.256. The van der Waals surface area contributed by atoms with Crippen LogP contribution in [-0.4, -0.2) is 13.7 Å². The van der Waals surface area contributed by atoms with E-state index in [2.05, 4.69) is 8.75 Å². The second kappa shape index (κ2) is 3.32. The molecule has 2 aromatic heterocycles. The lowest BCUT2D eigenvalue weighted by Crippen LogP contribution is -2.26. The predicted molar refractivity (Wildman–Crippen MR) is 60.5 cm³/mol. The maximum atomic E-state index is 11.6. The van der Waals surface area contributed by atoms with E-state index in [-0.39, 0.29) is 5.69 Å². The monoisotopic (exact) mass is 248 g/mol. The highest BCUT2D eigenvalue weighted by Crippen LogP contribution is 2.24. The number of hydrogen-bond donors (Lipinski definition) is 0. The Hall–Kier alpha value is -2.35. The van der Waals surface area contributed by atoms with Crippen LogP contribution >= 0.6 is 11.7 Å². The van der Waals surface area contributed by atoms with E-state index in [1.54, 1.807) is 12.1 Å². The highest BCUT2D eigenvalue weighted by Gasteiger charge is 2.18. The minimum atomic E-state index is -0.605. The lowest BCUT2D eigenvalue weighted by atomic mass is 10.2. The normalized spacial score (nSPS) is 11.1. The largest absolute Gasteiger partial charge is 0.618 e. The maximum Gasteiger partial charge on any atom is 0.334 e. The van der Waals surface area contributed by atoms with Gasteiger partial charge in [0.15, 0.2) is 0 Å². The van der Waals surface area contributed by atoms with Gasteiger partial charge in [-0.2, -0.15) is 13.5 Å². The van der Waals surface area contributed by atoms with E-state index in [4.69, 9.17) is 0 Å². The fourth-order valence-corrected chi connectivity index (χ4v) is 2.22. The van der Waals surface area contributed by atoms with Gasteiger partial charge in [-0.1, -0.05) is 0 Å². The van der Waals surface area contributed by atoms with Gasteiger partial charge >= 0.3 is 5.69 Å². The molecule has 17 heavy (non-hydrogen) atoms. The summed E-state index contributed by atoms with van der Waals surface area (Å²) in [5.41, 5.74) is 1.23. The van der Waals surface area contributed by atoms with Gasteiger partial charge in [0, 0.05) is 12.1 Å². The van der Waals surface area contributed by atoms with Crippen molar-refractivity contribution < 1.29 is 9.65 Å². The number of fused-ring (bicyclic) bond motifs is 3. The van der Waals surface area contributed by atoms with E-state index in [0.717, 1.165) is 17.9 Å². The summed E-state index contributed by atoms with van der Waals surface area (Å²) in [7, 11) is 0. The van der Waals surface area contributed by atoms with E-state index >= 15 is 0 Å². The summed E-state index contributed by atoms with van der Waals surface area (Å²) < 4.78 is 8.54. The van der Waals surface area contributed by atoms with Gasteiger partial charge in [-0.15, -0.1) is 0 Å². The van der Waals surface area contributed by atoms with Crippen molar-refractivity contribution in [3.8, 4) is 0 Å². The molecule has 3 aromatic rings. The zero-order valence-corrected chi connectivity index (χ0v) is 9.05. The van der Waals surface area contributed by atoms with Gasteiger partial charge in [-0.25, -0.2) is 0 Å². The van der Waals surface area contributed by atoms with E-state index in [1.807, 2.05) is 0 Å². The van der Waals surface area contributed by atoms with Gasteiger partial charge in [0.2, 0.25) is 5.52 Å². The molecule has 0 unspecified atom stereocenters. The summed E-state index contributed by atoms with van der Waals surface area (Å²) >= 11 is 1.01. The summed E-state index contributed by atoms with van der Waals surface area (Å²) in [5.74, 6) is 0. The zero-order chi connectivity index (χ0) is 12.0. The van der Waals surface area contributed by atoms with Crippen LogP contribution in [0, 0.1) is 15.3 Å². The number of aromatic nitrogens is 3. The van der Waals surface area contributed by atoms with Crippen LogP contribution < -0.4 is 4.73 Å². The van der Waals surface area contributed by atoms with Crippen LogP contribution in [0.15, 0.2) is 24.4 Å². The van der Waals surface area contributed by atoms with Crippen LogP contribution in [0.2, 0.25) is 0 Å². The van der Waals surface area contributed by atoms with Gasteiger partial charge < -0.3 is 5.21 Å². The molecule has 0 aliphatic rings. The Bertz CT molecular complexity index is 754. The molecule has 84 valence electrons. The minimum Gasteiger partial charge on any atom is -0.618 e. The summed E-state index contributed by atoms with van der Waals surface area (Å²) in [6.07, 6.45) is 0.938. The SMILES string of the molecule is O=[N+]([O-])c1cc2c3nsnc3ccc2[n+]([O-])c1. The van der Waals surface area contributed by atoms with Crippen LogP contribution in [0.25, 0.3) is 21.9 Å². The second-order valence-corrected chi connectivity index (χ2v) is 3.94. The van der Waals surface area contributed by atoms with Crippen molar-refractivity contribution in [1.29, 1.82) is 0 Å². The number of hydrogen-bond acceptors (Lipinski definition) is 6. The van der Waals surface area contributed by atoms with Gasteiger partial charge in [0.25, 0.3) is 6.20 Å². The molecule has 0 saturated carbocycles. The van der Waals surface area contributed by atoms with E-state index in [1.165, 1.54) is 6.07 Å². The zero-order valence-electron chi connectivity index (χ0n) is 8.23. The molecule has 0 bridgehead atoms. The van der Waals surface area contributed by atoms with Crippen LogP contribution in [-0.2, 0) is 0 Å². The number of nitro groups is 1. The lowest BCUT2D eigenvalue weighted by Gasteiger charge is -2.01. The number of pyridine rings is 1. The number of benzene rings is 1. The van der Waals surface area contributed by atoms with Crippen molar-refractivity contribution in [1.82, 2.24) is 8.75 Å². The molecule has 0 amide bonds. The van der Waals surface area contributed by atoms with Crippen molar-refractivity contribution in [2.24, 2.45) is 0 Å². The Morgan fingerprint density at radius 2 is 2.18 bits per heavy atom. The molecule has 1 aromatic carbocycles. The molecule has 2 heterocycles. The Morgan fingerprint density at radius 3 is 2.94 bits per heavy atom. The summed E-state index contributed by atoms with van der Waals surface area (Å²) in [6, 6.07) is 4.59. The molecule has 0 N–H and O–H groups in total. The summed E-state index contributed by atoms with van der Waals surface area (Å²) in [4.78, 5) is 10.1. The molecule has 7 nitrogen and oxygen atoms in total. The van der Waals surface area contributed by atoms with Crippen molar-refractivity contribution in [3.63, 3.8) is 0 Å². The first kappa shape index (κ1) is 9.85. The third kappa shape index (κ3) is 1.38. The first-order valence-corrected chi connectivity index (χ1v) is 5.32. The Labute approximate surface area is 98.0 Å². The molecule has 3 rings (SSSR count). The average Bonchev–Trinajstić information content (AvgIpc) is 2.76. The van der Waals surface area contributed by atoms with Crippen molar-refractivity contribution in [2.75, 3.05) is 0 Å². The molecule has 0 fully saturated rings. The first-order chi connectivity index (χ1) is 8.16. The first-order valence-electron chi connectivity index (χ1n) is 4.59. The highest BCUT2D eigenvalue weighted by molar-refractivity contribution is 7.00. The Kier molecular flexibility index (Phi) is 1.92. The Balaban J connectivity index is 2.51. The Morgan fingerprint density at radius 1 is 1.35 bits per heavy atom. The fraction of sp³-hybridized carbons (Fsp3) is 0. The van der Waals surface area contributed by atoms with Crippen LogP contribution in [0.1, 0.15) is 0 Å². The standard InChI is InChI=1S/C9H4N4O3S/c14-12-4-5(13(15)16)3-6-8(12)2-1-7-9(6)11-17-10-7/h1-4H. The van der Waals surface area contributed by atoms with Crippen LogP contribution in [0.5, 0.6) is 0 Å². The van der Waals surface area contributed by atoms with E-state index in [9.17, 15) is 15.3 Å². The molecule has 0 radical (unpaired) electrons. The fourth-order valence-electron chi connectivity index (χ4n) is 1.67. The van der Waals surface area contributed by atoms with Crippen molar-refractivity contribution in [3.05, 3.63) is 39.7 Å². The molecule has 0 aliphatic carbocycles. The molecule has 0 aliphatic heterocycles. The second-order valence-electron chi connectivity index (χ2n) is 3.41. The van der Waals surface area contributed by atoms with E-state index in [0.29, 0.717) is 26.7 Å². The van der Waals surface area contributed by atoms with E-state index < -0.39 is 4.92 Å². The van der Waals surface area contributed by atoms with Crippen LogP contribution in [0.4, 0.5) is 5.69 Å². The molecule has 0 atom stereocenters. The topological polar surface area (TPSA) is 95.9 Å². The summed E-state index contributed by atoms with van der Waals surface area (Å²) in [5, 5.41) is 22.8. The van der Waals surface area contributed by atoms with Gasteiger partial charge in [0.05, 0.1) is 22.0 Å². The third-order valence-corrected chi connectivity index (χ3v) is 2.98. The smallest absolute Gasteiger partial charge is 0.334 e. The van der Waals surface area contributed by atoms with Gasteiger partial charge in [-0.05, 0) is 6.07 Å². The third-order valence-electron chi connectivity index (χ3n) is 2.43. The molecule has 0 saturated heterocycles. The molecular formula is C9H4N4O3S. The predicted octanol–water partition coefficient (Wildman–Crippen LogP) is 1.39. The molecule has 0 spiro atoms. The number of nitrogens with zero attached hydrogens (tertiary/aromatic N) is 4. The molecule has 8 heteroatoms. The maximum absolute atomic E-state index is 11.6. The summed E-state index contributed by atoms with van der Waals surface area (Å²) in [6.45, 7) is 0. The molecular weight excluding hydrogens is 244 g/mol. The van der Waals surface area contributed by atoms with Gasteiger partial charge in [0.1, 0.15) is 11.0 Å². The quantitative estimate of drug-likeness (QED) is 0.280. The average molecular weight is 248 g/mol. The van der Waals surface area contributed by atoms with Gasteiger partial charge in [-0.3, -0.25) is 10.1 Å². The van der Waals surface area contributed by atoms with Crippen molar-refractivity contribution >= 4 is 39.4 Å². The lowest BCUT2D eigenvalue weighted by molar-refractivity contribution is -0.582. The van der Waals surface area contributed by atoms with Crippen molar-refractivity contribution in [2.45, 2.75) is 0 Å². The van der Waals surface area contributed by atoms with Crippen LogP contribution in [0.3, 0.4) is 0 Å². The highest BCUT2D eigenvalue weighted by atomic mass is 32.1. The number of rotatable bonds is 1.